The van der Waals surface area contributed by atoms with Crippen molar-refractivity contribution in [2.45, 2.75) is 0 Å². The molecule has 3 aromatic carbocycles. The van der Waals surface area contributed by atoms with Gasteiger partial charge in [0, 0.05) is 21.7 Å². The lowest BCUT2D eigenvalue weighted by atomic mass is 10.0. The van der Waals surface area contributed by atoms with Gasteiger partial charge >= 0.3 is 5.97 Å². The predicted molar refractivity (Wildman–Crippen MR) is 123 cm³/mol. The van der Waals surface area contributed by atoms with Crippen LogP contribution in [0.25, 0.3) is 0 Å². The molecule has 0 radical (unpaired) electrons. The maximum absolute atomic E-state index is 13.7. The molecule has 0 bridgehead atoms. The Labute approximate surface area is 200 Å². The van der Waals surface area contributed by atoms with Crippen LogP contribution >= 0.6 is 15.9 Å². The van der Waals surface area contributed by atoms with E-state index in [4.69, 9.17) is 4.74 Å². The average Bonchev–Trinajstić information content (AvgIpc) is 2.83. The number of carbonyl (C=O) groups is 3. The fraction of sp³-hybridized carbons (Fsp3) is 0.0435. The number of amides is 1. The number of benzene rings is 3. The van der Waals surface area contributed by atoms with Crippen LogP contribution in [0.1, 0.15) is 36.6 Å². The van der Waals surface area contributed by atoms with Crippen molar-refractivity contribution in [1.82, 2.24) is 5.43 Å². The quantitative estimate of drug-likeness (QED) is 0.153. The zero-order chi connectivity index (χ0) is 24.7. The molecule has 0 aromatic heterocycles. The van der Waals surface area contributed by atoms with Crippen LogP contribution in [0.2, 0.25) is 0 Å². The molecule has 0 saturated heterocycles. The molecular weight excluding hydrogens is 513 g/mol. The highest BCUT2D eigenvalue weighted by Crippen LogP contribution is 2.23. The Bertz CT molecular complexity index is 1290. The molecule has 0 heterocycles. The van der Waals surface area contributed by atoms with Crippen LogP contribution in [0, 0.1) is 15.9 Å². The zero-order valence-corrected chi connectivity index (χ0v) is 18.8. The van der Waals surface area contributed by atoms with Gasteiger partial charge in [0.25, 0.3) is 11.6 Å². The molecule has 172 valence electrons. The molecule has 1 amide bonds. The summed E-state index contributed by atoms with van der Waals surface area (Å²) in [5.74, 6) is -3.30. The first kappa shape index (κ1) is 24.4. The molecule has 0 saturated carbocycles. The molecule has 11 heteroatoms. The summed E-state index contributed by atoms with van der Waals surface area (Å²) >= 11 is 3.24. The minimum absolute atomic E-state index is 0.0662. The van der Waals surface area contributed by atoms with Gasteiger partial charge in [-0.15, -0.1) is 0 Å². The Kier molecular flexibility index (Phi) is 7.93. The highest BCUT2D eigenvalue weighted by atomic mass is 79.9. The second kappa shape index (κ2) is 11.1. The maximum atomic E-state index is 13.7. The number of nitrogens with one attached hydrogen (secondary N) is 1. The summed E-state index contributed by atoms with van der Waals surface area (Å²) in [5.41, 5.74) is 0.676. The highest BCUT2D eigenvalue weighted by molar-refractivity contribution is 9.10. The van der Waals surface area contributed by atoms with Crippen molar-refractivity contribution in [1.29, 1.82) is 0 Å². The molecule has 0 aliphatic carbocycles. The van der Waals surface area contributed by atoms with E-state index in [2.05, 4.69) is 21.0 Å². The van der Waals surface area contributed by atoms with E-state index in [1.165, 1.54) is 36.4 Å². The topological polar surface area (TPSA) is 128 Å². The van der Waals surface area contributed by atoms with Crippen LogP contribution < -0.4 is 5.43 Å². The largest absolute Gasteiger partial charge is 0.454 e. The molecular formula is C23H15BrFN3O6. The van der Waals surface area contributed by atoms with Crippen LogP contribution in [0.3, 0.4) is 0 Å². The van der Waals surface area contributed by atoms with Gasteiger partial charge in [-0.25, -0.2) is 14.6 Å². The van der Waals surface area contributed by atoms with Gasteiger partial charge in [-0.05, 0) is 24.3 Å². The zero-order valence-electron chi connectivity index (χ0n) is 17.2. The Morgan fingerprint density at radius 2 is 1.76 bits per heavy atom. The minimum Gasteiger partial charge on any atom is -0.454 e. The van der Waals surface area contributed by atoms with Gasteiger partial charge in [0.05, 0.1) is 16.7 Å². The van der Waals surface area contributed by atoms with Crippen LogP contribution in [-0.2, 0) is 4.74 Å². The van der Waals surface area contributed by atoms with E-state index < -0.39 is 51.8 Å². The molecule has 3 aromatic rings. The van der Waals surface area contributed by atoms with Gasteiger partial charge in [-0.3, -0.25) is 19.7 Å². The van der Waals surface area contributed by atoms with Gasteiger partial charge in [0.1, 0.15) is 11.4 Å². The van der Waals surface area contributed by atoms with Crippen molar-refractivity contribution in [2.75, 3.05) is 6.61 Å². The number of carbonyl (C=O) groups excluding carboxylic acids is 3. The monoisotopic (exact) mass is 527 g/mol. The fourth-order valence-corrected chi connectivity index (χ4v) is 3.09. The van der Waals surface area contributed by atoms with Crippen molar-refractivity contribution >= 4 is 45.5 Å². The van der Waals surface area contributed by atoms with Crippen LogP contribution in [0.15, 0.2) is 76.3 Å². The normalized spacial score (nSPS) is 10.6. The Balaban J connectivity index is 1.80. The van der Waals surface area contributed by atoms with E-state index in [1.54, 1.807) is 18.2 Å². The number of Topliss-reactive ketones (excluding diaryl/α,β-unsaturated/α-hetero) is 1. The number of hydrogen-bond acceptors (Lipinski definition) is 7. The fourth-order valence-electron chi connectivity index (χ4n) is 2.83. The van der Waals surface area contributed by atoms with Gasteiger partial charge in [-0.2, -0.15) is 5.10 Å². The Morgan fingerprint density at radius 3 is 2.44 bits per heavy atom. The molecule has 1 N–H and O–H groups in total. The first-order valence-electron chi connectivity index (χ1n) is 9.59. The Hall–Kier alpha value is -4.25. The van der Waals surface area contributed by atoms with E-state index in [0.717, 1.165) is 22.8 Å². The van der Waals surface area contributed by atoms with Crippen molar-refractivity contribution in [3.05, 3.63) is 109 Å². The first-order valence-corrected chi connectivity index (χ1v) is 10.4. The molecule has 0 aliphatic heterocycles. The summed E-state index contributed by atoms with van der Waals surface area (Å²) in [6.45, 7) is -0.643. The smallest absolute Gasteiger partial charge is 0.339 e. The SMILES string of the molecule is O=C(COC(=O)c1cccc([N+](=O)[O-])c1C(=O)NN=Cc1ccccc1F)c1ccc(Br)cc1. The summed E-state index contributed by atoms with van der Waals surface area (Å²) in [6.07, 6.45) is 1.01. The number of rotatable bonds is 8. The lowest BCUT2D eigenvalue weighted by Gasteiger charge is -2.09. The first-order chi connectivity index (χ1) is 16.3. The van der Waals surface area contributed by atoms with Crippen molar-refractivity contribution in [2.24, 2.45) is 5.10 Å². The van der Waals surface area contributed by atoms with E-state index in [9.17, 15) is 28.9 Å². The summed E-state index contributed by atoms with van der Waals surface area (Å²) in [5, 5.41) is 15.1. The number of nitro benzene ring substituents is 1. The highest BCUT2D eigenvalue weighted by Gasteiger charge is 2.28. The number of nitrogens with zero attached hydrogens (tertiary/aromatic N) is 2. The number of ether oxygens (including phenoxy) is 1. The van der Waals surface area contributed by atoms with Gasteiger partial charge < -0.3 is 4.74 Å². The van der Waals surface area contributed by atoms with E-state index in [1.807, 2.05) is 5.43 Å². The van der Waals surface area contributed by atoms with E-state index in [0.29, 0.717) is 0 Å². The summed E-state index contributed by atoms with van der Waals surface area (Å²) in [6, 6.07) is 15.3. The number of hydrogen-bond donors (Lipinski definition) is 1. The average molecular weight is 528 g/mol. The third-order valence-corrected chi connectivity index (χ3v) is 4.99. The Morgan fingerprint density at radius 1 is 1.06 bits per heavy atom. The standard InChI is InChI=1S/C23H15BrFN3O6/c24-16-10-8-14(9-11-16)20(29)13-34-23(31)17-5-3-7-19(28(32)33)21(17)22(30)27-26-12-15-4-1-2-6-18(15)25/h1-12H,13H2,(H,27,30). The molecule has 34 heavy (non-hydrogen) atoms. The number of halogens is 2. The van der Waals surface area contributed by atoms with E-state index in [-0.39, 0.29) is 11.1 Å². The molecule has 0 fully saturated rings. The van der Waals surface area contributed by atoms with E-state index >= 15 is 0 Å². The van der Waals surface area contributed by atoms with Gasteiger partial charge in [0.15, 0.2) is 12.4 Å². The summed E-state index contributed by atoms with van der Waals surface area (Å²) in [4.78, 5) is 48.1. The van der Waals surface area contributed by atoms with Crippen LogP contribution in [0.5, 0.6) is 0 Å². The van der Waals surface area contributed by atoms with Crippen molar-refractivity contribution < 1.29 is 28.4 Å². The number of nitro groups is 1. The molecule has 0 atom stereocenters. The number of ketones is 1. The van der Waals surface area contributed by atoms with Crippen LogP contribution in [0.4, 0.5) is 10.1 Å². The molecule has 0 spiro atoms. The number of hydrazone groups is 1. The van der Waals surface area contributed by atoms with Crippen LogP contribution in [-0.4, -0.2) is 35.4 Å². The second-order valence-corrected chi connectivity index (χ2v) is 7.60. The maximum Gasteiger partial charge on any atom is 0.339 e. The molecule has 0 aliphatic rings. The third kappa shape index (κ3) is 5.95. The van der Waals surface area contributed by atoms with Crippen molar-refractivity contribution in [3.8, 4) is 0 Å². The minimum atomic E-state index is -1.11. The third-order valence-electron chi connectivity index (χ3n) is 4.46. The van der Waals surface area contributed by atoms with Gasteiger partial charge in [0.2, 0.25) is 0 Å². The lowest BCUT2D eigenvalue weighted by Crippen LogP contribution is -2.24. The molecule has 0 unspecified atom stereocenters. The summed E-state index contributed by atoms with van der Waals surface area (Å²) in [7, 11) is 0. The molecule has 9 nitrogen and oxygen atoms in total. The number of esters is 1. The molecule has 3 rings (SSSR count). The van der Waals surface area contributed by atoms with Gasteiger partial charge in [-0.1, -0.05) is 52.3 Å². The predicted octanol–water partition coefficient (Wildman–Crippen LogP) is 4.30. The second-order valence-electron chi connectivity index (χ2n) is 6.68. The van der Waals surface area contributed by atoms with Crippen molar-refractivity contribution in [3.63, 3.8) is 0 Å². The summed E-state index contributed by atoms with van der Waals surface area (Å²) < 4.78 is 19.4. The lowest BCUT2D eigenvalue weighted by molar-refractivity contribution is -0.385.